The molecular weight excluding hydrogens is 363 g/mol. The number of nitrogens with zero attached hydrogens (tertiary/aromatic N) is 2. The number of fused-ring (bicyclic) bond motifs is 1. The van der Waals surface area contributed by atoms with E-state index in [1.54, 1.807) is 19.2 Å². The van der Waals surface area contributed by atoms with E-state index < -0.39 is 0 Å². The van der Waals surface area contributed by atoms with E-state index in [-0.39, 0.29) is 13.2 Å². The minimum absolute atomic E-state index is 0. The molecule has 4 heteroatoms. The third-order valence-electron chi connectivity index (χ3n) is 6.44. The Kier molecular flexibility index (Phi) is 7.18. The summed E-state index contributed by atoms with van der Waals surface area (Å²) < 4.78 is 18.6. The van der Waals surface area contributed by atoms with Crippen molar-refractivity contribution in [3.63, 3.8) is 0 Å². The van der Waals surface area contributed by atoms with Crippen molar-refractivity contribution in [2.24, 2.45) is 0 Å². The zero-order chi connectivity index (χ0) is 19.5. The summed E-state index contributed by atoms with van der Waals surface area (Å²) in [6.07, 6.45) is 5.82. The average Bonchev–Trinajstić information content (AvgIpc) is 2.74. The first kappa shape index (κ1) is 21.6. The number of methoxy groups -OCH3 is 1. The van der Waals surface area contributed by atoms with Crippen molar-refractivity contribution in [3.05, 3.63) is 58.9 Å². The Labute approximate surface area is 175 Å². The predicted octanol–water partition coefficient (Wildman–Crippen LogP) is 5.24. The molecule has 2 aromatic rings. The van der Waals surface area contributed by atoms with E-state index in [4.69, 9.17) is 4.74 Å². The van der Waals surface area contributed by atoms with Crippen LogP contribution >= 0.6 is 0 Å². The van der Waals surface area contributed by atoms with Crippen LogP contribution in [0.3, 0.4) is 0 Å². The molecule has 4 rings (SSSR count). The fraction of sp³-hybridized carbons (Fsp3) is 0.520. The first-order chi connectivity index (χ1) is 13.7. The molecular formula is C25H35FN2O. The van der Waals surface area contributed by atoms with Crippen LogP contribution in [0.2, 0.25) is 0 Å². The molecule has 1 fully saturated rings. The Balaban J connectivity index is 0.00000240. The highest BCUT2D eigenvalue weighted by Crippen LogP contribution is 2.38. The molecule has 0 N–H and O–H groups in total. The molecule has 0 aromatic heterocycles. The number of aryl methyl sites for hydroxylation is 1. The summed E-state index contributed by atoms with van der Waals surface area (Å²) in [4.78, 5) is 5.22. The fourth-order valence-electron chi connectivity index (χ4n) is 4.87. The van der Waals surface area contributed by atoms with Gasteiger partial charge in [-0.2, -0.15) is 0 Å². The number of rotatable bonds is 5. The highest BCUT2D eigenvalue weighted by Gasteiger charge is 2.29. The smallest absolute Gasteiger partial charge is 0.123 e. The standard InChI is InChI=1S/C24H31FN2O.CH4/c1-18-23(28-2)10-7-20-4-3-14-27(24(18)20)22-12-16-26(17-13-22)15-11-19-5-8-21(25)9-6-19;/h5-10,22H,3-4,11-17H2,1-2H3;1H4. The number of anilines is 1. The number of hydrogen-bond donors (Lipinski definition) is 0. The monoisotopic (exact) mass is 398 g/mol. The zero-order valence-corrected chi connectivity index (χ0v) is 17.1. The normalized spacial score (nSPS) is 17.6. The van der Waals surface area contributed by atoms with E-state index in [1.165, 1.54) is 48.1 Å². The molecule has 158 valence electrons. The lowest BCUT2D eigenvalue weighted by Crippen LogP contribution is -2.47. The molecule has 2 heterocycles. The molecule has 0 amide bonds. The van der Waals surface area contributed by atoms with Crippen LogP contribution in [0.1, 0.15) is 43.4 Å². The predicted molar refractivity (Wildman–Crippen MR) is 120 cm³/mol. The van der Waals surface area contributed by atoms with Crippen LogP contribution < -0.4 is 9.64 Å². The van der Waals surface area contributed by atoms with Gasteiger partial charge in [-0.15, -0.1) is 0 Å². The van der Waals surface area contributed by atoms with Gasteiger partial charge in [-0.25, -0.2) is 4.39 Å². The Morgan fingerprint density at radius 1 is 1.03 bits per heavy atom. The lowest BCUT2D eigenvalue weighted by molar-refractivity contribution is 0.210. The van der Waals surface area contributed by atoms with Crippen LogP contribution in [-0.2, 0) is 12.8 Å². The first-order valence-corrected chi connectivity index (χ1v) is 10.6. The number of benzene rings is 2. The minimum atomic E-state index is -0.154. The Hall–Kier alpha value is -2.07. The maximum absolute atomic E-state index is 13.1. The lowest BCUT2D eigenvalue weighted by atomic mass is 9.93. The summed E-state index contributed by atoms with van der Waals surface area (Å²) in [7, 11) is 1.77. The molecule has 2 aromatic carbocycles. The largest absolute Gasteiger partial charge is 0.496 e. The van der Waals surface area contributed by atoms with Crippen LogP contribution in [0, 0.1) is 12.7 Å². The molecule has 0 aliphatic carbocycles. The van der Waals surface area contributed by atoms with Crippen molar-refractivity contribution in [3.8, 4) is 5.75 Å². The summed E-state index contributed by atoms with van der Waals surface area (Å²) in [5, 5.41) is 0. The zero-order valence-electron chi connectivity index (χ0n) is 17.1. The highest BCUT2D eigenvalue weighted by molar-refractivity contribution is 5.65. The second kappa shape index (κ2) is 9.62. The molecule has 0 atom stereocenters. The van der Waals surface area contributed by atoms with E-state index in [9.17, 15) is 4.39 Å². The van der Waals surface area contributed by atoms with Crippen LogP contribution in [0.4, 0.5) is 10.1 Å². The topological polar surface area (TPSA) is 15.7 Å². The fourth-order valence-corrected chi connectivity index (χ4v) is 4.87. The van der Waals surface area contributed by atoms with Gasteiger partial charge in [0.1, 0.15) is 11.6 Å². The van der Waals surface area contributed by atoms with Gasteiger partial charge >= 0.3 is 0 Å². The molecule has 0 bridgehead atoms. The maximum atomic E-state index is 13.1. The molecule has 3 nitrogen and oxygen atoms in total. The van der Waals surface area contributed by atoms with Gasteiger partial charge in [0.25, 0.3) is 0 Å². The summed E-state index contributed by atoms with van der Waals surface area (Å²) >= 11 is 0. The molecule has 0 spiro atoms. The van der Waals surface area contributed by atoms with Crippen molar-refractivity contribution in [1.29, 1.82) is 0 Å². The number of hydrogen-bond acceptors (Lipinski definition) is 3. The van der Waals surface area contributed by atoms with Gasteiger partial charge < -0.3 is 14.5 Å². The maximum Gasteiger partial charge on any atom is 0.123 e. The Morgan fingerprint density at radius 2 is 1.76 bits per heavy atom. The number of ether oxygens (including phenoxy) is 1. The number of halogens is 1. The van der Waals surface area contributed by atoms with E-state index >= 15 is 0 Å². The molecule has 0 radical (unpaired) electrons. The van der Waals surface area contributed by atoms with Gasteiger partial charge in [0, 0.05) is 43.5 Å². The van der Waals surface area contributed by atoms with E-state index in [1.807, 2.05) is 12.1 Å². The van der Waals surface area contributed by atoms with Gasteiger partial charge in [0.05, 0.1) is 7.11 Å². The van der Waals surface area contributed by atoms with Crippen LogP contribution in [-0.4, -0.2) is 44.2 Å². The van der Waals surface area contributed by atoms with Gasteiger partial charge in [0.15, 0.2) is 0 Å². The molecule has 2 aliphatic rings. The summed E-state index contributed by atoms with van der Waals surface area (Å²) in [5.74, 6) is 0.848. The molecule has 0 unspecified atom stereocenters. The van der Waals surface area contributed by atoms with Crippen LogP contribution in [0.15, 0.2) is 36.4 Å². The number of piperidine rings is 1. The van der Waals surface area contributed by atoms with Gasteiger partial charge in [-0.05, 0) is 68.4 Å². The third-order valence-corrected chi connectivity index (χ3v) is 6.44. The first-order valence-electron chi connectivity index (χ1n) is 10.6. The second-order valence-corrected chi connectivity index (χ2v) is 8.15. The SMILES string of the molecule is C.COc1ccc2c(c1C)N(C1CCN(CCc3ccc(F)cc3)CC1)CCC2. The summed E-state index contributed by atoms with van der Waals surface area (Å²) in [6, 6.07) is 11.9. The van der Waals surface area contributed by atoms with Crippen molar-refractivity contribution in [2.45, 2.75) is 52.5 Å². The van der Waals surface area contributed by atoms with E-state index in [2.05, 4.69) is 28.9 Å². The van der Waals surface area contributed by atoms with Gasteiger partial charge in [0.2, 0.25) is 0 Å². The summed E-state index contributed by atoms with van der Waals surface area (Å²) in [6.45, 7) is 6.69. The molecule has 29 heavy (non-hydrogen) atoms. The van der Waals surface area contributed by atoms with Crippen LogP contribution in [0.5, 0.6) is 5.75 Å². The molecule has 1 saturated heterocycles. The van der Waals surface area contributed by atoms with Gasteiger partial charge in [-0.1, -0.05) is 25.6 Å². The van der Waals surface area contributed by atoms with E-state index in [0.717, 1.165) is 38.3 Å². The Bertz CT molecular complexity index is 797. The van der Waals surface area contributed by atoms with Gasteiger partial charge in [-0.3, -0.25) is 0 Å². The van der Waals surface area contributed by atoms with E-state index in [0.29, 0.717) is 6.04 Å². The molecule has 0 saturated carbocycles. The molecule has 2 aliphatic heterocycles. The third kappa shape index (κ3) is 4.75. The van der Waals surface area contributed by atoms with Crippen LogP contribution in [0.25, 0.3) is 0 Å². The quantitative estimate of drug-likeness (QED) is 0.685. The Morgan fingerprint density at radius 3 is 2.45 bits per heavy atom. The minimum Gasteiger partial charge on any atom is -0.496 e. The number of likely N-dealkylation sites (tertiary alicyclic amines) is 1. The van der Waals surface area contributed by atoms with Crippen molar-refractivity contribution >= 4 is 5.69 Å². The lowest BCUT2D eigenvalue weighted by Gasteiger charge is -2.43. The van der Waals surface area contributed by atoms with Crippen molar-refractivity contribution < 1.29 is 9.13 Å². The second-order valence-electron chi connectivity index (χ2n) is 8.15. The highest BCUT2D eigenvalue weighted by atomic mass is 19.1. The average molecular weight is 399 g/mol. The summed E-state index contributed by atoms with van der Waals surface area (Å²) in [5.41, 5.74) is 5.41. The van der Waals surface area contributed by atoms with Crippen molar-refractivity contribution in [2.75, 3.05) is 38.2 Å². The van der Waals surface area contributed by atoms with Crippen molar-refractivity contribution in [1.82, 2.24) is 4.90 Å².